The van der Waals surface area contributed by atoms with Gasteiger partial charge in [-0.25, -0.2) is 9.59 Å². The van der Waals surface area contributed by atoms with Gasteiger partial charge in [-0.05, 0) is 101 Å². The number of phenolic OH excluding ortho intramolecular Hbond substituents is 2. The maximum atomic E-state index is 13.5. The first-order valence-corrected chi connectivity index (χ1v) is 17.4. The molecule has 0 bridgehead atoms. The van der Waals surface area contributed by atoms with Crippen molar-refractivity contribution < 1.29 is 29.3 Å². The summed E-state index contributed by atoms with van der Waals surface area (Å²) in [5.41, 5.74) is 7.36. The molecule has 0 atom stereocenters. The standard InChI is InChI=1S/C37H44O6S2/c1-20-15-29(36(5,6)7)32(38)22(3)27(20)18-42-34(40)24-11-12-25(26(17-24)31-13-14-44-45-31)35(41)43-19-28-21(2)16-30(37(8,9)10)33(39)23(28)4/h11-13,15-17,38-39H,14,18-19H2,1-10H3. The van der Waals surface area contributed by atoms with Crippen LogP contribution in [0.5, 0.6) is 11.5 Å². The maximum absolute atomic E-state index is 13.5. The molecule has 2 N–H and O–H groups in total. The van der Waals surface area contributed by atoms with Gasteiger partial charge < -0.3 is 19.7 Å². The number of carbonyl (C=O) groups excluding carboxylic acids is 2. The molecule has 1 aliphatic heterocycles. The summed E-state index contributed by atoms with van der Waals surface area (Å²) in [6.45, 7) is 19.9. The van der Waals surface area contributed by atoms with E-state index in [0.717, 1.165) is 44.0 Å². The molecule has 0 saturated heterocycles. The number of aryl methyl sites for hydroxylation is 2. The van der Waals surface area contributed by atoms with Crippen LogP contribution in [0.15, 0.2) is 36.4 Å². The third kappa shape index (κ3) is 7.39. The average molecular weight is 649 g/mol. The van der Waals surface area contributed by atoms with Gasteiger partial charge in [-0.1, -0.05) is 81.3 Å². The third-order valence-electron chi connectivity index (χ3n) is 8.34. The summed E-state index contributed by atoms with van der Waals surface area (Å²) < 4.78 is 11.5. The van der Waals surface area contributed by atoms with Crippen molar-refractivity contribution in [2.45, 2.75) is 93.3 Å². The third-order valence-corrected chi connectivity index (χ3v) is 10.6. The molecule has 0 aromatic heterocycles. The monoisotopic (exact) mass is 648 g/mol. The highest BCUT2D eigenvalue weighted by atomic mass is 33.1. The van der Waals surface area contributed by atoms with E-state index in [0.29, 0.717) is 27.8 Å². The van der Waals surface area contributed by atoms with E-state index in [-0.39, 0.29) is 35.5 Å². The Balaban J connectivity index is 1.57. The van der Waals surface area contributed by atoms with Gasteiger partial charge in [-0.2, -0.15) is 0 Å². The number of carbonyl (C=O) groups is 2. The van der Waals surface area contributed by atoms with E-state index in [1.165, 1.54) is 0 Å². The first-order chi connectivity index (χ1) is 20.9. The van der Waals surface area contributed by atoms with Gasteiger partial charge in [0.1, 0.15) is 24.7 Å². The van der Waals surface area contributed by atoms with Crippen LogP contribution in [0.1, 0.15) is 112 Å². The highest BCUT2D eigenvalue weighted by Crippen LogP contribution is 2.44. The molecule has 4 rings (SSSR count). The van der Waals surface area contributed by atoms with Crippen molar-refractivity contribution in [2.24, 2.45) is 0 Å². The molecule has 1 aliphatic rings. The lowest BCUT2D eigenvalue weighted by Gasteiger charge is -2.24. The Bertz CT molecular complexity index is 1690. The Hall–Kier alpha value is -3.36. The zero-order valence-electron chi connectivity index (χ0n) is 27.9. The van der Waals surface area contributed by atoms with Crippen LogP contribution in [-0.4, -0.2) is 27.9 Å². The number of hydrogen-bond acceptors (Lipinski definition) is 8. The van der Waals surface area contributed by atoms with Crippen LogP contribution in [0.2, 0.25) is 0 Å². The Morgan fingerprint density at radius 1 is 0.756 bits per heavy atom. The lowest BCUT2D eigenvalue weighted by molar-refractivity contribution is 0.0456. The number of phenols is 2. The highest BCUT2D eigenvalue weighted by molar-refractivity contribution is 8.80. The van der Waals surface area contributed by atoms with Gasteiger partial charge in [0, 0.05) is 16.2 Å². The van der Waals surface area contributed by atoms with Gasteiger partial charge in [0.25, 0.3) is 0 Å². The van der Waals surface area contributed by atoms with Gasteiger partial charge in [-0.15, -0.1) is 0 Å². The van der Waals surface area contributed by atoms with Crippen LogP contribution in [0.3, 0.4) is 0 Å². The first-order valence-electron chi connectivity index (χ1n) is 15.0. The smallest absolute Gasteiger partial charge is 0.339 e. The Morgan fingerprint density at radius 3 is 1.69 bits per heavy atom. The Kier molecular flexibility index (Phi) is 10.1. The molecule has 1 heterocycles. The van der Waals surface area contributed by atoms with Gasteiger partial charge in [0.2, 0.25) is 0 Å². The maximum Gasteiger partial charge on any atom is 0.339 e. The van der Waals surface area contributed by atoms with Gasteiger partial charge in [0.05, 0.1) is 11.1 Å². The van der Waals surface area contributed by atoms with E-state index >= 15 is 0 Å². The lowest BCUT2D eigenvalue weighted by atomic mass is 9.83. The predicted molar refractivity (Wildman–Crippen MR) is 185 cm³/mol. The molecule has 6 nitrogen and oxygen atoms in total. The van der Waals surface area contributed by atoms with Crippen molar-refractivity contribution in [1.29, 1.82) is 0 Å². The molecule has 0 spiro atoms. The summed E-state index contributed by atoms with van der Waals surface area (Å²) in [4.78, 5) is 27.6. The van der Waals surface area contributed by atoms with Gasteiger partial charge >= 0.3 is 11.9 Å². The molecule has 0 amide bonds. The molecule has 240 valence electrons. The van der Waals surface area contributed by atoms with E-state index < -0.39 is 11.9 Å². The summed E-state index contributed by atoms with van der Waals surface area (Å²) in [7, 11) is 3.20. The summed E-state index contributed by atoms with van der Waals surface area (Å²) in [6, 6.07) is 8.78. The highest BCUT2D eigenvalue weighted by Gasteiger charge is 2.26. The van der Waals surface area contributed by atoms with Crippen LogP contribution in [-0.2, 0) is 33.5 Å². The molecule has 3 aromatic rings. The second-order valence-corrected chi connectivity index (χ2v) is 16.1. The fourth-order valence-corrected chi connectivity index (χ4v) is 7.71. The van der Waals surface area contributed by atoms with Crippen molar-refractivity contribution in [2.75, 3.05) is 5.75 Å². The SMILES string of the molecule is Cc1cc(C(C)(C)C)c(O)c(C)c1COC(=O)c1ccc(C(=O)OCc2c(C)cc(C(C)(C)C)c(O)c2C)c(C2=CCSS2)c1. The number of rotatable bonds is 7. The van der Waals surface area contributed by atoms with Crippen LogP contribution in [0, 0.1) is 27.7 Å². The second-order valence-electron chi connectivity index (χ2n) is 13.7. The number of aromatic hydroxyl groups is 2. The van der Waals surface area contributed by atoms with Gasteiger partial charge in [-0.3, -0.25) is 0 Å². The average Bonchev–Trinajstić information content (AvgIpc) is 3.50. The van der Waals surface area contributed by atoms with Crippen LogP contribution in [0.25, 0.3) is 4.91 Å². The second kappa shape index (κ2) is 13.2. The predicted octanol–water partition coefficient (Wildman–Crippen LogP) is 9.38. The summed E-state index contributed by atoms with van der Waals surface area (Å²) in [6.07, 6.45) is 2.03. The molecule has 0 saturated carbocycles. The van der Waals surface area contributed by atoms with E-state index in [4.69, 9.17) is 9.47 Å². The van der Waals surface area contributed by atoms with Crippen LogP contribution < -0.4 is 0 Å². The molecule has 0 aliphatic carbocycles. The molecule has 0 radical (unpaired) electrons. The van der Waals surface area contributed by atoms with Crippen molar-refractivity contribution in [1.82, 2.24) is 0 Å². The Morgan fingerprint density at radius 2 is 1.24 bits per heavy atom. The van der Waals surface area contributed by atoms with Gasteiger partial charge in [0.15, 0.2) is 0 Å². The topological polar surface area (TPSA) is 93.1 Å². The van der Waals surface area contributed by atoms with Crippen molar-refractivity contribution in [3.05, 3.63) is 97.6 Å². The van der Waals surface area contributed by atoms with E-state index in [1.54, 1.807) is 39.8 Å². The molecule has 45 heavy (non-hydrogen) atoms. The molecule has 0 unspecified atom stereocenters. The number of ether oxygens (including phenoxy) is 2. The molecular weight excluding hydrogens is 605 g/mol. The quantitative estimate of drug-likeness (QED) is 0.193. The van der Waals surface area contributed by atoms with E-state index in [9.17, 15) is 19.8 Å². The Labute approximate surface area is 275 Å². The molecular formula is C37H44O6S2. The zero-order valence-corrected chi connectivity index (χ0v) is 29.6. The lowest BCUT2D eigenvalue weighted by Crippen LogP contribution is -2.15. The largest absolute Gasteiger partial charge is 0.507 e. The summed E-state index contributed by atoms with van der Waals surface area (Å²) in [5, 5.41) is 21.7. The minimum Gasteiger partial charge on any atom is -0.507 e. The number of esters is 2. The first kappa shape index (κ1) is 34.5. The van der Waals surface area contributed by atoms with Crippen molar-refractivity contribution in [3.63, 3.8) is 0 Å². The van der Waals surface area contributed by atoms with Crippen molar-refractivity contribution in [3.8, 4) is 11.5 Å². The number of benzene rings is 3. The van der Waals surface area contributed by atoms with Crippen LogP contribution >= 0.6 is 21.6 Å². The molecule has 3 aromatic carbocycles. The summed E-state index contributed by atoms with van der Waals surface area (Å²) in [5.74, 6) is 0.192. The van der Waals surface area contributed by atoms with E-state index in [2.05, 4.69) is 0 Å². The molecule has 8 heteroatoms. The minimum absolute atomic E-state index is 0.0121. The van der Waals surface area contributed by atoms with Crippen LogP contribution in [0.4, 0.5) is 0 Å². The zero-order chi connectivity index (χ0) is 33.4. The summed E-state index contributed by atoms with van der Waals surface area (Å²) >= 11 is 0. The van der Waals surface area contributed by atoms with E-state index in [1.807, 2.05) is 87.4 Å². The number of hydrogen-bond donors (Lipinski definition) is 2. The fraction of sp³-hybridized carbons (Fsp3) is 0.405. The normalized spacial score (nSPS) is 13.5. The minimum atomic E-state index is -0.522. The fourth-order valence-electron chi connectivity index (χ4n) is 5.50. The van der Waals surface area contributed by atoms with Crippen molar-refractivity contribution >= 4 is 38.4 Å². The molecule has 0 fully saturated rings.